The minimum absolute atomic E-state index is 0.632. The predicted molar refractivity (Wildman–Crippen MR) is 221 cm³/mol. The van der Waals surface area contributed by atoms with E-state index < -0.39 is 0 Å². The van der Waals surface area contributed by atoms with Gasteiger partial charge < -0.3 is 0 Å². The van der Waals surface area contributed by atoms with E-state index in [0.717, 1.165) is 55.5 Å². The molecule has 5 nitrogen and oxygen atoms in total. The third-order valence-corrected chi connectivity index (χ3v) is 9.78. The van der Waals surface area contributed by atoms with Crippen LogP contribution < -0.4 is 0 Å². The molecule has 0 radical (unpaired) electrons. The van der Waals surface area contributed by atoms with Crippen molar-refractivity contribution in [1.82, 2.24) is 19.9 Å². The van der Waals surface area contributed by atoms with Crippen molar-refractivity contribution in [2.45, 2.75) is 6.92 Å². The van der Waals surface area contributed by atoms with Crippen molar-refractivity contribution in [1.29, 1.82) is 0 Å². The molecule has 0 saturated carbocycles. The van der Waals surface area contributed by atoms with Crippen LogP contribution in [-0.4, -0.2) is 26.7 Å². The number of rotatable bonds is 8. The van der Waals surface area contributed by atoms with Gasteiger partial charge in [-0.15, -0.1) is 0 Å². The highest BCUT2D eigenvalue weighted by Gasteiger charge is 2.18. The van der Waals surface area contributed by atoms with Crippen LogP contribution >= 0.6 is 0 Å². The Bertz CT molecular complexity index is 2820. The van der Waals surface area contributed by atoms with Gasteiger partial charge >= 0.3 is 0 Å². The van der Waals surface area contributed by atoms with Gasteiger partial charge in [-0.25, -0.2) is 15.0 Å². The zero-order valence-corrected chi connectivity index (χ0v) is 29.1. The van der Waals surface area contributed by atoms with Crippen molar-refractivity contribution in [2.75, 3.05) is 0 Å². The molecule has 250 valence electrons. The average Bonchev–Trinajstić information content (AvgIpc) is 3.23. The van der Waals surface area contributed by atoms with Crippen LogP contribution in [0.2, 0.25) is 0 Å². The summed E-state index contributed by atoms with van der Waals surface area (Å²) < 4.78 is 0. The smallest absolute Gasteiger partial charge is 0.164 e. The standard InChI is InChI=1S/C48H33N5/c1-3-4-15-42(49-2)43-29-24-37(30-50-43)38-25-20-33-22-27-40-41(28-23-34-21-26-39(38)44(33)45(34)40)48-52-46(35-13-9-6-10-14-35)51-47(53-48)36-18-16-32(17-19-36)31-11-7-5-8-12-31/h3-30H,2H2,1H3/b4-3-,42-15-. The fourth-order valence-electron chi connectivity index (χ4n) is 7.14. The summed E-state index contributed by atoms with van der Waals surface area (Å²) >= 11 is 0. The molecular formula is C48H33N5. The van der Waals surface area contributed by atoms with Crippen molar-refractivity contribution in [2.24, 2.45) is 4.99 Å². The summed E-state index contributed by atoms with van der Waals surface area (Å²) in [7, 11) is 0. The van der Waals surface area contributed by atoms with Crippen molar-refractivity contribution < 1.29 is 0 Å². The summed E-state index contributed by atoms with van der Waals surface area (Å²) in [5.74, 6) is 1.90. The maximum atomic E-state index is 5.15. The zero-order valence-electron chi connectivity index (χ0n) is 29.1. The lowest BCUT2D eigenvalue weighted by Gasteiger charge is -2.16. The Morgan fingerprint density at radius 1 is 0.509 bits per heavy atom. The highest BCUT2D eigenvalue weighted by atomic mass is 15.0. The van der Waals surface area contributed by atoms with Crippen molar-refractivity contribution in [3.05, 3.63) is 176 Å². The molecule has 0 amide bonds. The molecule has 0 aliphatic rings. The second kappa shape index (κ2) is 13.5. The van der Waals surface area contributed by atoms with E-state index in [4.69, 9.17) is 19.9 Å². The Morgan fingerprint density at radius 2 is 1.02 bits per heavy atom. The lowest BCUT2D eigenvalue weighted by Crippen LogP contribution is -2.01. The molecule has 7 aromatic carbocycles. The van der Waals surface area contributed by atoms with E-state index >= 15 is 0 Å². The van der Waals surface area contributed by atoms with Gasteiger partial charge in [0.15, 0.2) is 17.5 Å². The fourth-order valence-corrected chi connectivity index (χ4v) is 7.14. The first-order chi connectivity index (χ1) is 26.2. The molecule has 2 aromatic heterocycles. The molecule has 5 heteroatoms. The van der Waals surface area contributed by atoms with Crippen molar-refractivity contribution >= 4 is 44.7 Å². The largest absolute Gasteiger partial charge is 0.262 e. The van der Waals surface area contributed by atoms with E-state index in [1.54, 1.807) is 0 Å². The van der Waals surface area contributed by atoms with E-state index in [1.165, 1.54) is 27.1 Å². The van der Waals surface area contributed by atoms with Crippen LogP contribution in [0.1, 0.15) is 12.6 Å². The van der Waals surface area contributed by atoms with Crippen LogP contribution in [0.4, 0.5) is 0 Å². The molecule has 0 fully saturated rings. The van der Waals surface area contributed by atoms with E-state index in [-0.39, 0.29) is 0 Å². The third-order valence-electron chi connectivity index (χ3n) is 9.78. The molecule has 2 heterocycles. The van der Waals surface area contributed by atoms with Gasteiger partial charge in [0.2, 0.25) is 0 Å². The van der Waals surface area contributed by atoms with E-state index in [9.17, 15) is 0 Å². The quantitative estimate of drug-likeness (QED) is 0.0911. The molecule has 0 aliphatic heterocycles. The SMILES string of the molecule is C=N/C(=C\C=C/C)c1ccc(-c2ccc3ccc4c(-c5nc(-c6ccccc6)nc(-c6ccc(-c7ccccc7)cc6)n5)ccc5ccc2c3c54)cn1. The summed E-state index contributed by atoms with van der Waals surface area (Å²) in [5.41, 5.74) is 8.81. The number of aliphatic imine (C=N–C) groups is 1. The van der Waals surface area contributed by atoms with Gasteiger partial charge in [0.1, 0.15) is 0 Å². The molecule has 9 aromatic rings. The molecule has 53 heavy (non-hydrogen) atoms. The van der Waals surface area contributed by atoms with Crippen LogP contribution in [0, 0.1) is 0 Å². The summed E-state index contributed by atoms with van der Waals surface area (Å²) in [6, 6.07) is 50.6. The van der Waals surface area contributed by atoms with Crippen LogP contribution in [-0.2, 0) is 0 Å². The monoisotopic (exact) mass is 679 g/mol. The molecular weight excluding hydrogens is 647 g/mol. The summed E-state index contributed by atoms with van der Waals surface area (Å²) in [5, 5.41) is 7.00. The Balaban J connectivity index is 1.19. The van der Waals surface area contributed by atoms with Crippen LogP contribution in [0.25, 0.3) is 94.4 Å². The molecule has 0 spiro atoms. The lowest BCUT2D eigenvalue weighted by atomic mass is 9.88. The molecule has 0 N–H and O–H groups in total. The third kappa shape index (κ3) is 5.84. The number of hydrogen-bond donors (Lipinski definition) is 0. The first-order valence-corrected chi connectivity index (χ1v) is 17.6. The van der Waals surface area contributed by atoms with E-state index in [2.05, 4.69) is 115 Å². The highest BCUT2D eigenvalue weighted by molar-refractivity contribution is 6.27. The zero-order chi connectivity index (χ0) is 35.7. The lowest BCUT2D eigenvalue weighted by molar-refractivity contribution is 1.08. The minimum Gasteiger partial charge on any atom is -0.262 e. The second-order valence-electron chi connectivity index (χ2n) is 12.9. The van der Waals surface area contributed by atoms with Crippen molar-refractivity contribution in [3.8, 4) is 56.4 Å². The Morgan fingerprint density at radius 3 is 1.62 bits per heavy atom. The summed E-state index contributed by atoms with van der Waals surface area (Å²) in [4.78, 5) is 24.2. The molecule has 0 bridgehead atoms. The topological polar surface area (TPSA) is 63.9 Å². The summed E-state index contributed by atoms with van der Waals surface area (Å²) in [6.07, 6.45) is 7.74. The Hall–Kier alpha value is -7.11. The van der Waals surface area contributed by atoms with Gasteiger partial charge in [-0.05, 0) is 80.9 Å². The van der Waals surface area contributed by atoms with Crippen LogP contribution in [0.5, 0.6) is 0 Å². The van der Waals surface area contributed by atoms with Gasteiger partial charge in [0, 0.05) is 28.5 Å². The van der Waals surface area contributed by atoms with Gasteiger partial charge in [-0.1, -0.05) is 146 Å². The van der Waals surface area contributed by atoms with Crippen molar-refractivity contribution in [3.63, 3.8) is 0 Å². The summed E-state index contributed by atoms with van der Waals surface area (Å²) in [6.45, 7) is 5.71. The van der Waals surface area contributed by atoms with E-state index in [0.29, 0.717) is 17.5 Å². The fraction of sp³-hybridized carbons (Fsp3) is 0.0208. The Labute approximate surface area is 307 Å². The predicted octanol–water partition coefficient (Wildman–Crippen LogP) is 12.1. The number of pyridine rings is 1. The minimum atomic E-state index is 0.632. The number of aromatic nitrogens is 4. The average molecular weight is 680 g/mol. The van der Waals surface area contributed by atoms with E-state index in [1.807, 2.05) is 73.8 Å². The number of hydrogen-bond acceptors (Lipinski definition) is 5. The number of allylic oxidation sites excluding steroid dienone is 3. The van der Waals surface area contributed by atoms with Crippen LogP contribution in [0.15, 0.2) is 175 Å². The van der Waals surface area contributed by atoms with Crippen LogP contribution in [0.3, 0.4) is 0 Å². The second-order valence-corrected chi connectivity index (χ2v) is 12.9. The number of nitrogens with zero attached hydrogens (tertiary/aromatic N) is 5. The van der Waals surface area contributed by atoms with Gasteiger partial charge in [0.25, 0.3) is 0 Å². The Kier molecular flexibility index (Phi) is 8.14. The molecule has 9 rings (SSSR count). The highest BCUT2D eigenvalue weighted by Crippen LogP contribution is 2.42. The molecule has 0 atom stereocenters. The maximum Gasteiger partial charge on any atom is 0.164 e. The van der Waals surface area contributed by atoms with Gasteiger partial charge in [-0.2, -0.15) is 0 Å². The molecule has 0 aliphatic carbocycles. The van der Waals surface area contributed by atoms with Gasteiger partial charge in [-0.3, -0.25) is 9.98 Å². The first kappa shape index (κ1) is 31.8. The first-order valence-electron chi connectivity index (χ1n) is 17.6. The molecule has 0 saturated heterocycles. The maximum absolute atomic E-state index is 5.15. The molecule has 0 unspecified atom stereocenters. The normalized spacial score (nSPS) is 12.0. The van der Waals surface area contributed by atoms with Gasteiger partial charge in [0.05, 0.1) is 11.4 Å². The number of benzene rings is 7.